The van der Waals surface area contributed by atoms with Gasteiger partial charge in [0.05, 0.1) is 11.8 Å². The number of rotatable bonds is 4. The zero-order valence-corrected chi connectivity index (χ0v) is 11.7. The second-order valence-electron chi connectivity index (χ2n) is 6.02. The first-order valence-corrected chi connectivity index (χ1v) is 7.76. The molecule has 0 radical (unpaired) electrons. The predicted molar refractivity (Wildman–Crippen MR) is 75.2 cm³/mol. The molecule has 0 spiro atoms. The summed E-state index contributed by atoms with van der Waals surface area (Å²) in [5.74, 6) is 1.19. The first-order valence-electron chi connectivity index (χ1n) is 7.76. The molecule has 3 nitrogen and oxygen atoms in total. The zero-order valence-electron chi connectivity index (χ0n) is 11.7. The molecule has 1 unspecified atom stereocenters. The highest BCUT2D eigenvalue weighted by molar-refractivity contribution is 5.91. The molecule has 2 aliphatic rings. The Balaban J connectivity index is 2.02. The van der Waals surface area contributed by atoms with Crippen molar-refractivity contribution in [2.45, 2.75) is 70.3 Å². The van der Waals surface area contributed by atoms with Gasteiger partial charge in [-0.1, -0.05) is 43.7 Å². The first kappa shape index (κ1) is 13.9. The highest BCUT2D eigenvalue weighted by Gasteiger charge is 2.32. The van der Waals surface area contributed by atoms with Crippen LogP contribution >= 0.6 is 0 Å². The van der Waals surface area contributed by atoms with Crippen LogP contribution in [0.2, 0.25) is 0 Å². The molecule has 3 heteroatoms. The number of hydrogen-bond acceptors (Lipinski definition) is 3. The Morgan fingerprint density at radius 1 is 1.00 bits per heavy atom. The average molecular weight is 252 g/mol. The van der Waals surface area contributed by atoms with Crippen molar-refractivity contribution < 1.29 is 5.21 Å². The van der Waals surface area contributed by atoms with E-state index in [0.29, 0.717) is 17.9 Å². The predicted octanol–water partition coefficient (Wildman–Crippen LogP) is 3.57. The summed E-state index contributed by atoms with van der Waals surface area (Å²) in [6, 6.07) is 0.304. The van der Waals surface area contributed by atoms with E-state index in [1.807, 2.05) is 7.05 Å². The minimum absolute atomic E-state index is 0.304. The zero-order chi connectivity index (χ0) is 12.8. The van der Waals surface area contributed by atoms with Crippen LogP contribution in [0.4, 0.5) is 0 Å². The van der Waals surface area contributed by atoms with E-state index in [2.05, 4.69) is 10.5 Å². The van der Waals surface area contributed by atoms with Gasteiger partial charge in [-0.3, -0.25) is 0 Å². The molecule has 2 fully saturated rings. The summed E-state index contributed by atoms with van der Waals surface area (Å²) in [4.78, 5) is 0. The monoisotopic (exact) mass is 252 g/mol. The lowest BCUT2D eigenvalue weighted by Gasteiger charge is -2.34. The maximum atomic E-state index is 9.46. The van der Waals surface area contributed by atoms with Gasteiger partial charge in [-0.05, 0) is 38.6 Å². The number of hydrogen-bond donors (Lipinski definition) is 2. The minimum atomic E-state index is 0.304. The second-order valence-corrected chi connectivity index (χ2v) is 6.02. The molecule has 0 aromatic carbocycles. The van der Waals surface area contributed by atoms with Crippen molar-refractivity contribution in [2.75, 3.05) is 7.05 Å². The van der Waals surface area contributed by atoms with Crippen LogP contribution < -0.4 is 5.32 Å². The van der Waals surface area contributed by atoms with Gasteiger partial charge in [0.15, 0.2) is 0 Å². The van der Waals surface area contributed by atoms with Gasteiger partial charge >= 0.3 is 0 Å². The largest absolute Gasteiger partial charge is 0.411 e. The quantitative estimate of drug-likeness (QED) is 0.456. The number of nitrogens with one attached hydrogen (secondary N) is 1. The molecule has 2 saturated carbocycles. The van der Waals surface area contributed by atoms with E-state index < -0.39 is 0 Å². The Morgan fingerprint density at radius 3 is 2.06 bits per heavy atom. The second kappa shape index (κ2) is 7.13. The third kappa shape index (κ3) is 3.25. The van der Waals surface area contributed by atoms with Crippen molar-refractivity contribution in [1.82, 2.24) is 5.32 Å². The standard InChI is InChI=1S/C15H28N2O/c1-16-14(12-8-4-2-5-9-12)15(17-18)13-10-6-3-7-11-13/h12-14,16,18H,2-11H2,1H3. The fourth-order valence-corrected chi connectivity index (χ4v) is 3.89. The highest BCUT2D eigenvalue weighted by atomic mass is 16.4. The maximum Gasteiger partial charge on any atom is 0.0773 e. The lowest BCUT2D eigenvalue weighted by Crippen LogP contribution is -2.45. The molecule has 0 saturated heterocycles. The third-order valence-electron chi connectivity index (χ3n) is 4.89. The Kier molecular flexibility index (Phi) is 5.48. The number of oxime groups is 1. The van der Waals surface area contributed by atoms with Crippen LogP contribution in [0.3, 0.4) is 0 Å². The van der Waals surface area contributed by atoms with Crippen LogP contribution in [0.5, 0.6) is 0 Å². The topological polar surface area (TPSA) is 44.6 Å². The molecule has 0 aliphatic heterocycles. The summed E-state index contributed by atoms with van der Waals surface area (Å²) in [5.41, 5.74) is 1.05. The van der Waals surface area contributed by atoms with Crippen molar-refractivity contribution in [3.8, 4) is 0 Å². The Bertz CT molecular complexity index is 266. The summed E-state index contributed by atoms with van der Waals surface area (Å²) < 4.78 is 0. The van der Waals surface area contributed by atoms with Crippen LogP contribution in [0.15, 0.2) is 5.16 Å². The number of nitrogens with zero attached hydrogens (tertiary/aromatic N) is 1. The van der Waals surface area contributed by atoms with E-state index in [0.717, 1.165) is 5.71 Å². The molecule has 2 rings (SSSR count). The van der Waals surface area contributed by atoms with E-state index >= 15 is 0 Å². The van der Waals surface area contributed by atoms with E-state index in [1.165, 1.54) is 64.2 Å². The maximum absolute atomic E-state index is 9.46. The van der Waals surface area contributed by atoms with Gasteiger partial charge in [0, 0.05) is 5.92 Å². The lowest BCUT2D eigenvalue weighted by molar-refractivity contribution is 0.279. The van der Waals surface area contributed by atoms with Crippen LogP contribution in [0.1, 0.15) is 64.2 Å². The molecular formula is C15H28N2O. The summed E-state index contributed by atoms with van der Waals surface area (Å²) in [6.07, 6.45) is 13.0. The summed E-state index contributed by atoms with van der Waals surface area (Å²) in [7, 11) is 2.02. The lowest BCUT2D eigenvalue weighted by atomic mass is 9.76. The van der Waals surface area contributed by atoms with Crippen LogP contribution in [-0.4, -0.2) is 24.0 Å². The van der Waals surface area contributed by atoms with Crippen molar-refractivity contribution in [3.05, 3.63) is 0 Å². The van der Waals surface area contributed by atoms with Gasteiger partial charge in [0.2, 0.25) is 0 Å². The van der Waals surface area contributed by atoms with Crippen LogP contribution in [0, 0.1) is 11.8 Å². The van der Waals surface area contributed by atoms with Gasteiger partial charge in [-0.25, -0.2) is 0 Å². The molecule has 0 aromatic rings. The smallest absolute Gasteiger partial charge is 0.0773 e. The Labute approximate surface area is 111 Å². The van der Waals surface area contributed by atoms with Crippen molar-refractivity contribution >= 4 is 5.71 Å². The van der Waals surface area contributed by atoms with E-state index in [9.17, 15) is 5.21 Å². The fourth-order valence-electron chi connectivity index (χ4n) is 3.89. The molecule has 2 aliphatic carbocycles. The highest BCUT2D eigenvalue weighted by Crippen LogP contribution is 2.32. The van der Waals surface area contributed by atoms with E-state index in [1.54, 1.807) is 0 Å². The van der Waals surface area contributed by atoms with Crippen LogP contribution in [-0.2, 0) is 0 Å². The minimum Gasteiger partial charge on any atom is -0.411 e. The molecule has 18 heavy (non-hydrogen) atoms. The molecule has 104 valence electrons. The van der Waals surface area contributed by atoms with Crippen molar-refractivity contribution in [1.29, 1.82) is 0 Å². The fraction of sp³-hybridized carbons (Fsp3) is 0.933. The third-order valence-corrected chi connectivity index (χ3v) is 4.89. The van der Waals surface area contributed by atoms with Gasteiger partial charge in [-0.2, -0.15) is 0 Å². The SMILES string of the molecule is CNC(C(=NO)C1CCCCC1)C1CCCCC1. The van der Waals surface area contributed by atoms with Gasteiger partial charge in [0.25, 0.3) is 0 Å². The Morgan fingerprint density at radius 2 is 1.56 bits per heavy atom. The van der Waals surface area contributed by atoms with E-state index in [4.69, 9.17) is 0 Å². The molecule has 0 amide bonds. The summed E-state index contributed by atoms with van der Waals surface area (Å²) in [6.45, 7) is 0. The van der Waals surface area contributed by atoms with E-state index in [-0.39, 0.29) is 0 Å². The normalized spacial score (nSPS) is 26.2. The Hall–Kier alpha value is -0.570. The molecule has 0 aromatic heterocycles. The van der Waals surface area contributed by atoms with Gasteiger partial charge in [-0.15, -0.1) is 0 Å². The van der Waals surface area contributed by atoms with Gasteiger partial charge < -0.3 is 10.5 Å². The summed E-state index contributed by atoms with van der Waals surface area (Å²) in [5, 5.41) is 16.6. The molecule has 0 heterocycles. The van der Waals surface area contributed by atoms with Crippen molar-refractivity contribution in [2.24, 2.45) is 17.0 Å². The molecule has 0 bridgehead atoms. The average Bonchev–Trinajstić information content (AvgIpc) is 2.46. The molecule has 1 atom stereocenters. The summed E-state index contributed by atoms with van der Waals surface area (Å²) >= 11 is 0. The first-order chi connectivity index (χ1) is 8.86. The molecular weight excluding hydrogens is 224 g/mol. The van der Waals surface area contributed by atoms with Crippen molar-refractivity contribution in [3.63, 3.8) is 0 Å². The van der Waals surface area contributed by atoms with Crippen LogP contribution in [0.25, 0.3) is 0 Å². The van der Waals surface area contributed by atoms with Gasteiger partial charge in [0.1, 0.15) is 0 Å². The molecule has 2 N–H and O–H groups in total.